The first-order valence-corrected chi connectivity index (χ1v) is 10.2. The van der Waals surface area contributed by atoms with Gasteiger partial charge in [0.2, 0.25) is 17.7 Å². The molecule has 0 aliphatic carbocycles. The molecule has 1 aromatic carbocycles. The molecule has 0 heterocycles. The number of carbonyl (C=O) groups excluding carboxylic acids is 3. The summed E-state index contributed by atoms with van der Waals surface area (Å²) in [6.45, 7) is 10.2. The predicted molar refractivity (Wildman–Crippen MR) is 118 cm³/mol. The lowest BCUT2D eigenvalue weighted by molar-refractivity contribution is -0.133. The summed E-state index contributed by atoms with van der Waals surface area (Å²) in [6, 6.07) is 3.41. The summed E-state index contributed by atoms with van der Waals surface area (Å²) in [4.78, 5) is 37.5. The van der Waals surface area contributed by atoms with Gasteiger partial charge >= 0.3 is 0 Å². The smallest absolute Gasteiger partial charge is 0.243 e. The van der Waals surface area contributed by atoms with Crippen molar-refractivity contribution in [2.24, 2.45) is 11.7 Å². The first-order chi connectivity index (χ1) is 14.4. The number of phenols is 1. The fraction of sp³-hybridized carbons (Fsp3) is 0.500. The van der Waals surface area contributed by atoms with Crippen LogP contribution in [-0.4, -0.2) is 52.1 Å². The van der Waals surface area contributed by atoms with Gasteiger partial charge in [0, 0.05) is 12.5 Å². The molecule has 3 amide bonds. The van der Waals surface area contributed by atoms with Crippen LogP contribution in [0.25, 0.3) is 0 Å². The summed E-state index contributed by atoms with van der Waals surface area (Å²) in [5.74, 6) is -1.57. The standard InChI is InChI=1S/C22H34N4O5/c1-12(2)19(22(31)25-15(5)20(29)24-13(3)10-14(4)27)26-21(30)18(23)11-16-6-8-17(28)9-7-16/h6-9,12-13,15,18-19,27-28H,4,10-11,23H2,1-3,5H3,(H,24,29)(H,25,31)(H,26,30)/t13-,15+,18+,19+/m1/s1. The topological polar surface area (TPSA) is 154 Å². The lowest BCUT2D eigenvalue weighted by Gasteiger charge is -2.25. The van der Waals surface area contributed by atoms with E-state index in [1.165, 1.54) is 19.1 Å². The van der Waals surface area contributed by atoms with E-state index in [9.17, 15) is 24.6 Å². The van der Waals surface area contributed by atoms with Gasteiger partial charge in [-0.2, -0.15) is 0 Å². The fourth-order valence-corrected chi connectivity index (χ4v) is 2.91. The number of phenolic OH excluding ortho intramolecular Hbond substituents is 1. The summed E-state index contributed by atoms with van der Waals surface area (Å²) in [7, 11) is 0. The van der Waals surface area contributed by atoms with Gasteiger partial charge in [0.05, 0.1) is 11.8 Å². The molecule has 7 N–H and O–H groups in total. The first-order valence-electron chi connectivity index (χ1n) is 10.2. The Labute approximate surface area is 183 Å². The van der Waals surface area contributed by atoms with Gasteiger partial charge in [-0.3, -0.25) is 14.4 Å². The van der Waals surface area contributed by atoms with Gasteiger partial charge in [-0.25, -0.2) is 0 Å². The molecule has 31 heavy (non-hydrogen) atoms. The number of amides is 3. The number of benzene rings is 1. The lowest BCUT2D eigenvalue weighted by atomic mass is 10.0. The molecule has 172 valence electrons. The fourth-order valence-electron chi connectivity index (χ4n) is 2.91. The Morgan fingerprint density at radius 1 is 0.968 bits per heavy atom. The molecule has 0 bridgehead atoms. The van der Waals surface area contributed by atoms with Gasteiger partial charge < -0.3 is 31.9 Å². The van der Waals surface area contributed by atoms with Crippen LogP contribution in [0.3, 0.4) is 0 Å². The Kier molecular flexibility index (Phi) is 10.0. The predicted octanol–water partition coefficient (Wildman–Crippen LogP) is 0.874. The monoisotopic (exact) mass is 434 g/mol. The maximum absolute atomic E-state index is 12.7. The number of hydrogen-bond donors (Lipinski definition) is 6. The molecule has 0 aliphatic rings. The van der Waals surface area contributed by atoms with E-state index in [-0.39, 0.29) is 36.3 Å². The Morgan fingerprint density at radius 3 is 2.06 bits per heavy atom. The normalized spacial score (nSPS) is 14.8. The van der Waals surface area contributed by atoms with E-state index in [1.807, 2.05) is 0 Å². The number of aromatic hydroxyl groups is 1. The van der Waals surface area contributed by atoms with Crippen molar-refractivity contribution in [3.05, 3.63) is 42.2 Å². The average molecular weight is 435 g/mol. The molecule has 0 aromatic heterocycles. The largest absolute Gasteiger partial charge is 0.513 e. The van der Waals surface area contributed by atoms with Crippen LogP contribution in [0.1, 0.15) is 39.7 Å². The molecule has 0 unspecified atom stereocenters. The zero-order chi connectivity index (χ0) is 23.7. The second-order valence-electron chi connectivity index (χ2n) is 8.12. The highest BCUT2D eigenvalue weighted by molar-refractivity contribution is 5.93. The zero-order valence-electron chi connectivity index (χ0n) is 18.5. The van der Waals surface area contributed by atoms with Crippen LogP contribution in [0, 0.1) is 5.92 Å². The van der Waals surface area contributed by atoms with E-state index in [0.717, 1.165) is 5.56 Å². The van der Waals surface area contributed by atoms with Crippen molar-refractivity contribution in [2.75, 3.05) is 0 Å². The van der Waals surface area contributed by atoms with Crippen molar-refractivity contribution in [3.8, 4) is 5.75 Å². The molecule has 0 fully saturated rings. The van der Waals surface area contributed by atoms with Gasteiger partial charge in [-0.05, 0) is 43.9 Å². The molecule has 9 nitrogen and oxygen atoms in total. The van der Waals surface area contributed by atoms with E-state index in [2.05, 4.69) is 22.5 Å². The number of nitrogens with two attached hydrogens (primary N) is 1. The number of nitrogens with one attached hydrogen (secondary N) is 3. The highest BCUT2D eigenvalue weighted by Crippen LogP contribution is 2.11. The maximum Gasteiger partial charge on any atom is 0.243 e. The molecule has 0 spiro atoms. The van der Waals surface area contributed by atoms with E-state index in [0.29, 0.717) is 0 Å². The summed E-state index contributed by atoms with van der Waals surface area (Å²) in [6.07, 6.45) is 0.446. The zero-order valence-corrected chi connectivity index (χ0v) is 18.5. The maximum atomic E-state index is 12.7. The molecule has 1 aromatic rings. The van der Waals surface area contributed by atoms with E-state index in [1.54, 1.807) is 32.9 Å². The molecular weight excluding hydrogens is 400 g/mol. The SMILES string of the molecule is C=C(O)C[C@@H](C)NC(=O)[C@H](C)NC(=O)[C@@H](NC(=O)[C@@H](N)Cc1ccc(O)cc1)C(C)C. The Hall–Kier alpha value is -3.07. The minimum absolute atomic E-state index is 0.0456. The van der Waals surface area contributed by atoms with Crippen LogP contribution < -0.4 is 21.7 Å². The van der Waals surface area contributed by atoms with Crippen LogP contribution in [0.4, 0.5) is 0 Å². The van der Waals surface area contributed by atoms with Crippen molar-refractivity contribution in [1.82, 2.24) is 16.0 Å². The Balaban J connectivity index is 2.67. The Bertz CT molecular complexity index is 779. The second kappa shape index (κ2) is 11.9. The molecule has 0 saturated heterocycles. The van der Waals surface area contributed by atoms with E-state index < -0.39 is 35.8 Å². The van der Waals surface area contributed by atoms with Gasteiger partial charge in [0.15, 0.2) is 0 Å². The Morgan fingerprint density at radius 2 is 1.55 bits per heavy atom. The van der Waals surface area contributed by atoms with Crippen LogP contribution in [-0.2, 0) is 20.8 Å². The molecule has 1 rings (SSSR count). The quantitative estimate of drug-likeness (QED) is 0.284. The third-order valence-corrected chi connectivity index (χ3v) is 4.66. The van der Waals surface area contributed by atoms with Crippen molar-refractivity contribution in [2.45, 2.75) is 64.7 Å². The summed E-state index contributed by atoms with van der Waals surface area (Å²) >= 11 is 0. The summed E-state index contributed by atoms with van der Waals surface area (Å²) in [5, 5.41) is 26.5. The minimum atomic E-state index is -0.883. The van der Waals surface area contributed by atoms with Gasteiger partial charge in [-0.1, -0.05) is 32.6 Å². The highest BCUT2D eigenvalue weighted by Gasteiger charge is 2.29. The van der Waals surface area contributed by atoms with Gasteiger partial charge in [0.25, 0.3) is 0 Å². The van der Waals surface area contributed by atoms with Crippen molar-refractivity contribution < 1.29 is 24.6 Å². The number of hydrogen-bond acceptors (Lipinski definition) is 6. The van der Waals surface area contributed by atoms with Gasteiger partial charge in [-0.15, -0.1) is 0 Å². The summed E-state index contributed by atoms with van der Waals surface area (Å²) in [5.41, 5.74) is 6.76. The lowest BCUT2D eigenvalue weighted by Crippen LogP contribution is -2.57. The van der Waals surface area contributed by atoms with Crippen LogP contribution in [0.5, 0.6) is 5.75 Å². The highest BCUT2D eigenvalue weighted by atomic mass is 16.3. The average Bonchev–Trinajstić information content (AvgIpc) is 2.66. The molecule has 0 aliphatic heterocycles. The van der Waals surface area contributed by atoms with E-state index in [4.69, 9.17) is 5.73 Å². The van der Waals surface area contributed by atoms with E-state index >= 15 is 0 Å². The van der Waals surface area contributed by atoms with Crippen LogP contribution >= 0.6 is 0 Å². The number of rotatable bonds is 11. The van der Waals surface area contributed by atoms with Gasteiger partial charge in [0.1, 0.15) is 17.8 Å². The van der Waals surface area contributed by atoms with Crippen LogP contribution in [0.15, 0.2) is 36.6 Å². The third kappa shape index (κ3) is 9.08. The number of carbonyl (C=O) groups is 3. The number of aliphatic hydroxyl groups is 1. The number of aliphatic hydroxyl groups excluding tert-OH is 1. The minimum Gasteiger partial charge on any atom is -0.513 e. The molecule has 4 atom stereocenters. The molecule has 9 heteroatoms. The molecule has 0 saturated carbocycles. The molecular formula is C22H34N4O5. The van der Waals surface area contributed by atoms with Crippen molar-refractivity contribution in [3.63, 3.8) is 0 Å². The van der Waals surface area contributed by atoms with Crippen molar-refractivity contribution in [1.29, 1.82) is 0 Å². The first kappa shape index (κ1) is 26.0. The van der Waals surface area contributed by atoms with Crippen molar-refractivity contribution >= 4 is 17.7 Å². The third-order valence-electron chi connectivity index (χ3n) is 4.66. The van der Waals surface area contributed by atoms with Crippen LogP contribution in [0.2, 0.25) is 0 Å². The molecule has 0 radical (unpaired) electrons. The second-order valence-corrected chi connectivity index (χ2v) is 8.12. The summed E-state index contributed by atoms with van der Waals surface area (Å²) < 4.78 is 0.